The number of aromatic nitrogens is 1. The van der Waals surface area contributed by atoms with Crippen molar-refractivity contribution in [2.75, 3.05) is 19.6 Å². The molecule has 0 aliphatic carbocycles. The first-order valence-corrected chi connectivity index (χ1v) is 34.6. The van der Waals surface area contributed by atoms with Crippen molar-refractivity contribution in [1.82, 2.24) is 57.3 Å². The smallest absolute Gasteiger partial charge is 0.303 e. The van der Waals surface area contributed by atoms with Crippen LogP contribution in [0.25, 0.3) is 21.8 Å². The number of aromatic hydroxyl groups is 1. The largest absolute Gasteiger partial charge is 0.508 e. The van der Waals surface area contributed by atoms with E-state index in [4.69, 9.17) is 5.73 Å². The quantitative estimate of drug-likeness (QED) is 0.0198. The van der Waals surface area contributed by atoms with E-state index >= 15 is 0 Å². The molecule has 550 valence electrons. The number of hydrogen-bond donors (Lipinski definition) is 13. The monoisotopic (exact) mass is 1410 g/mol. The standard InChI is InChI=1S/C73H96N12O17/c1-7-44(6)64(72(101)81-54(39-46-27-29-47(86)30-28-46)68(97)76-40-59(88)82-63(43(4)5)71(100)80-53(37-42(2)3)69(98)79-52(66(74)95)38-45-19-10-8-11-20-45)83-60(89)41-75-67(96)50(31-33-61(90)91)78-70(99)57-25-18-36-85(57)73(102)51(32-34-62(92)93)77-58(87)26-12-9-17-35-84-55-23-15-13-21-48(55)65(94)49-22-14-16-24-56(49)84/h8,10-11,13-16,19-24,27-30,42-44,50-54,57,63-64,86H,7,9,12,17-18,25-26,31-41H2,1-6H3,(H2,74,95)(H,75,96)(H,76,97)(H,77,87)(H,78,99)(H,79,98)(H,80,100)(H,81,101)(H,82,88)(H,83,89)(H,90,91)(H,92,93)/t44-,50-,51-,52-,53-,54-,57-,63-,64-/m0/s1. The van der Waals surface area contributed by atoms with Crippen molar-refractivity contribution >= 4 is 98.7 Å². The second-order valence-corrected chi connectivity index (χ2v) is 26.5. The van der Waals surface area contributed by atoms with Gasteiger partial charge in [-0.15, -0.1) is 0 Å². The van der Waals surface area contributed by atoms with Gasteiger partial charge in [-0.05, 0) is 110 Å². The lowest BCUT2D eigenvalue weighted by molar-refractivity contribution is -0.143. The molecule has 2 heterocycles. The molecular formula is C73H96N12O17. The van der Waals surface area contributed by atoms with Gasteiger partial charge in [-0.3, -0.25) is 67.1 Å². The number of hydrogen-bond acceptors (Lipinski definition) is 15. The molecule has 0 spiro atoms. The second-order valence-electron chi connectivity index (χ2n) is 26.5. The lowest BCUT2D eigenvalue weighted by atomic mass is 9.97. The predicted octanol–water partition coefficient (Wildman–Crippen LogP) is 2.49. The number of carboxylic acid groups (broad SMARTS) is 2. The number of aliphatic carboxylic acids is 2. The van der Waals surface area contributed by atoms with Crippen molar-refractivity contribution < 1.29 is 77.6 Å². The van der Waals surface area contributed by atoms with Crippen LogP contribution in [0.4, 0.5) is 0 Å². The molecule has 11 amide bonds. The van der Waals surface area contributed by atoms with Crippen LogP contribution in [-0.2, 0) is 81.7 Å². The number of carbonyl (C=O) groups excluding carboxylic acids is 11. The Bertz CT molecular complexity index is 3800. The molecule has 1 saturated heterocycles. The summed E-state index contributed by atoms with van der Waals surface area (Å²) in [5.41, 5.74) is 8.33. The highest BCUT2D eigenvalue weighted by Gasteiger charge is 2.40. The van der Waals surface area contributed by atoms with Crippen LogP contribution in [0.5, 0.6) is 5.75 Å². The van der Waals surface area contributed by atoms with E-state index in [1.165, 1.54) is 29.2 Å². The number of para-hydroxylation sites is 2. The molecule has 0 saturated carbocycles. The number of fused-ring (bicyclic) bond motifs is 2. The molecule has 0 bridgehead atoms. The molecule has 102 heavy (non-hydrogen) atoms. The maximum absolute atomic E-state index is 14.3. The van der Waals surface area contributed by atoms with E-state index < -0.39 is 169 Å². The first-order valence-electron chi connectivity index (χ1n) is 34.6. The summed E-state index contributed by atoms with van der Waals surface area (Å²) in [4.78, 5) is 189. The van der Waals surface area contributed by atoms with Crippen LogP contribution in [0.15, 0.2) is 108 Å². The fourth-order valence-electron chi connectivity index (χ4n) is 12.1. The molecule has 6 rings (SSSR count). The van der Waals surface area contributed by atoms with E-state index in [9.17, 15) is 82.4 Å². The zero-order valence-electron chi connectivity index (χ0n) is 58.4. The number of nitrogens with one attached hydrogen (secondary N) is 9. The Kier molecular flexibility index (Phi) is 30.9. The number of phenolic OH excluding ortho intramolecular Hbond substituents is 1. The summed E-state index contributed by atoms with van der Waals surface area (Å²) in [6, 6.07) is 18.7. The molecule has 0 radical (unpaired) electrons. The second kappa shape index (κ2) is 39.3. The number of primary amides is 1. The van der Waals surface area contributed by atoms with Crippen molar-refractivity contribution in [2.24, 2.45) is 23.5 Å². The molecule has 29 nitrogen and oxygen atoms in total. The summed E-state index contributed by atoms with van der Waals surface area (Å²) in [6.07, 6.45) is 0.411. The van der Waals surface area contributed by atoms with Crippen molar-refractivity contribution in [1.29, 1.82) is 0 Å². The van der Waals surface area contributed by atoms with Gasteiger partial charge in [0.2, 0.25) is 65.0 Å². The molecule has 9 atom stereocenters. The topological polar surface area (TPSA) is 442 Å². The first-order chi connectivity index (χ1) is 48.5. The third-order valence-electron chi connectivity index (χ3n) is 17.8. The number of phenols is 1. The SMILES string of the molecule is CC[C@H](C)[C@H](NC(=O)CNC(=O)[C@H](CCC(=O)O)NC(=O)[C@@H]1CCCN1C(=O)[C@H](CCC(=O)O)NC(=O)CCCCCn1c2ccccc2c(=O)c2ccccc21)C(=O)N[C@@H](Cc1ccc(O)cc1)C(=O)NCC(=O)N[C@H](C(=O)N[C@@H](CC(C)C)C(=O)N[C@@H](Cc1ccccc1)C(N)=O)C(C)C. The molecule has 14 N–H and O–H groups in total. The highest BCUT2D eigenvalue weighted by molar-refractivity contribution is 5.99. The van der Waals surface area contributed by atoms with Crippen LogP contribution >= 0.6 is 0 Å². The van der Waals surface area contributed by atoms with Gasteiger partial charge in [0.25, 0.3) is 0 Å². The van der Waals surface area contributed by atoms with Gasteiger partial charge in [-0.2, -0.15) is 0 Å². The highest BCUT2D eigenvalue weighted by atomic mass is 16.4. The van der Waals surface area contributed by atoms with E-state index in [0.717, 1.165) is 16.6 Å². The van der Waals surface area contributed by atoms with Gasteiger partial charge in [0.05, 0.1) is 24.1 Å². The predicted molar refractivity (Wildman–Crippen MR) is 377 cm³/mol. The third kappa shape index (κ3) is 24.3. The lowest BCUT2D eigenvalue weighted by Crippen LogP contribution is -2.59. The third-order valence-corrected chi connectivity index (χ3v) is 17.8. The number of benzene rings is 4. The van der Waals surface area contributed by atoms with Gasteiger partial charge in [0, 0.05) is 56.0 Å². The molecule has 0 unspecified atom stereocenters. The number of pyridine rings is 1. The average Bonchev–Trinajstić information content (AvgIpc) is 0.883. The summed E-state index contributed by atoms with van der Waals surface area (Å²) >= 11 is 0. The Morgan fingerprint density at radius 2 is 1.05 bits per heavy atom. The zero-order chi connectivity index (χ0) is 74.7. The Hall–Kier alpha value is -10.7. The normalized spacial score (nSPS) is 15.1. The van der Waals surface area contributed by atoms with E-state index in [2.05, 4.69) is 52.4 Å². The van der Waals surface area contributed by atoms with Gasteiger partial charge < -0.3 is 78.4 Å². The summed E-state index contributed by atoms with van der Waals surface area (Å²) in [6.45, 7) is 9.35. The minimum Gasteiger partial charge on any atom is -0.508 e. The number of nitrogens with two attached hydrogens (primary N) is 1. The summed E-state index contributed by atoms with van der Waals surface area (Å²) in [5.74, 6) is -12.8. The van der Waals surface area contributed by atoms with E-state index in [0.29, 0.717) is 55.0 Å². The van der Waals surface area contributed by atoms with Crippen molar-refractivity contribution in [3.05, 3.63) is 124 Å². The first kappa shape index (κ1) is 80.2. The maximum atomic E-state index is 14.3. The number of unbranched alkanes of at least 4 members (excludes halogenated alkanes) is 2. The summed E-state index contributed by atoms with van der Waals surface area (Å²) in [5, 5.41) is 53.6. The molecule has 1 aliphatic rings. The Morgan fingerprint density at radius 1 is 0.529 bits per heavy atom. The fourth-order valence-corrected chi connectivity index (χ4v) is 12.1. The molecule has 1 aliphatic heterocycles. The van der Waals surface area contributed by atoms with Crippen LogP contribution in [-0.4, -0.2) is 170 Å². The van der Waals surface area contributed by atoms with Crippen LogP contribution in [0.3, 0.4) is 0 Å². The minimum absolute atomic E-state index is 0.0139. The molecule has 1 aromatic heterocycles. The lowest BCUT2D eigenvalue weighted by Gasteiger charge is -2.30. The number of likely N-dealkylation sites (tertiary alicyclic amines) is 1. The van der Waals surface area contributed by atoms with Crippen molar-refractivity contribution in [3.63, 3.8) is 0 Å². The highest BCUT2D eigenvalue weighted by Crippen LogP contribution is 2.23. The number of nitrogens with zero attached hydrogens (tertiary/aromatic N) is 2. The Balaban J connectivity index is 1.05. The van der Waals surface area contributed by atoms with Gasteiger partial charge in [0.1, 0.15) is 54.1 Å². The Morgan fingerprint density at radius 3 is 1.62 bits per heavy atom. The number of carboxylic acids is 2. The van der Waals surface area contributed by atoms with Gasteiger partial charge in [0.15, 0.2) is 5.43 Å². The van der Waals surface area contributed by atoms with Gasteiger partial charge in [-0.25, -0.2) is 0 Å². The Labute approximate surface area is 591 Å². The molecule has 1 fully saturated rings. The molecule has 5 aromatic rings. The van der Waals surface area contributed by atoms with E-state index in [-0.39, 0.29) is 62.2 Å². The minimum atomic E-state index is -1.58. The maximum Gasteiger partial charge on any atom is 0.303 e. The molecule has 29 heteroatoms. The van der Waals surface area contributed by atoms with Crippen LogP contribution in [0.1, 0.15) is 130 Å². The van der Waals surface area contributed by atoms with Crippen LogP contribution < -0.4 is 59.0 Å². The van der Waals surface area contributed by atoms with Crippen LogP contribution in [0.2, 0.25) is 0 Å². The fraction of sp³-hybridized carbons (Fsp3) is 0.479. The average molecular weight is 1410 g/mol. The van der Waals surface area contributed by atoms with Crippen LogP contribution in [0, 0.1) is 17.8 Å². The number of amides is 11. The molecular weight excluding hydrogens is 1320 g/mol. The zero-order valence-corrected chi connectivity index (χ0v) is 58.4. The molecule has 4 aromatic carbocycles. The van der Waals surface area contributed by atoms with Gasteiger partial charge in [-0.1, -0.05) is 121 Å². The number of rotatable bonds is 40. The summed E-state index contributed by atoms with van der Waals surface area (Å²) < 4.78 is 2.07. The van der Waals surface area contributed by atoms with Crippen molar-refractivity contribution in [3.8, 4) is 5.75 Å². The van der Waals surface area contributed by atoms with E-state index in [1.807, 2.05) is 38.1 Å². The number of carbonyl (C=O) groups is 13. The number of aryl methyl sites for hydroxylation is 1. The van der Waals surface area contributed by atoms with Gasteiger partial charge >= 0.3 is 11.9 Å². The summed E-state index contributed by atoms with van der Waals surface area (Å²) in [7, 11) is 0. The van der Waals surface area contributed by atoms with E-state index in [1.54, 1.807) is 82.3 Å². The van der Waals surface area contributed by atoms with Crippen molar-refractivity contribution in [2.45, 2.75) is 186 Å².